The number of amides is 1. The van der Waals surface area contributed by atoms with Crippen molar-refractivity contribution in [2.24, 2.45) is 11.7 Å². The second-order valence-electron chi connectivity index (χ2n) is 4.81. The van der Waals surface area contributed by atoms with Gasteiger partial charge in [0.1, 0.15) is 0 Å². The Morgan fingerprint density at radius 1 is 1.47 bits per heavy atom. The van der Waals surface area contributed by atoms with Gasteiger partial charge in [-0.15, -0.1) is 0 Å². The number of carbonyl (C=O) groups is 1. The van der Waals surface area contributed by atoms with Crippen molar-refractivity contribution >= 4 is 5.91 Å². The molecule has 4 heteroatoms. The van der Waals surface area contributed by atoms with Gasteiger partial charge in [-0.05, 0) is 24.8 Å². The lowest BCUT2D eigenvalue weighted by atomic mass is 10.2. The lowest BCUT2D eigenvalue weighted by molar-refractivity contribution is 0.0952. The van der Waals surface area contributed by atoms with E-state index in [1.165, 1.54) is 19.3 Å². The second kappa shape index (κ2) is 6.91. The predicted molar refractivity (Wildman–Crippen MR) is 74.5 cm³/mol. The zero-order chi connectivity index (χ0) is 13.5. The highest BCUT2D eigenvalue weighted by Crippen LogP contribution is 2.33. The van der Waals surface area contributed by atoms with Crippen molar-refractivity contribution in [1.82, 2.24) is 10.3 Å². The average molecular weight is 257 g/mol. The molecule has 0 unspecified atom stereocenters. The summed E-state index contributed by atoms with van der Waals surface area (Å²) in [7, 11) is 0. The molecule has 0 aliphatic heterocycles. The monoisotopic (exact) mass is 257 g/mol. The van der Waals surface area contributed by atoms with Gasteiger partial charge >= 0.3 is 0 Å². The molecule has 100 valence electrons. The van der Waals surface area contributed by atoms with Crippen LogP contribution in [0.5, 0.6) is 0 Å². The number of pyridine rings is 1. The largest absolute Gasteiger partial charge is 0.352 e. The molecule has 1 aliphatic carbocycles. The van der Waals surface area contributed by atoms with Gasteiger partial charge in [0.15, 0.2) is 0 Å². The zero-order valence-electron chi connectivity index (χ0n) is 11.0. The van der Waals surface area contributed by atoms with Gasteiger partial charge < -0.3 is 11.1 Å². The Morgan fingerprint density at radius 3 is 3.05 bits per heavy atom. The summed E-state index contributed by atoms with van der Waals surface area (Å²) >= 11 is 0. The van der Waals surface area contributed by atoms with E-state index in [1.807, 2.05) is 0 Å². The molecule has 0 spiro atoms. The topological polar surface area (TPSA) is 68.0 Å². The Kier molecular flexibility index (Phi) is 4.93. The number of nitrogens with two attached hydrogens (primary N) is 1. The molecule has 2 rings (SSSR count). The Morgan fingerprint density at radius 2 is 2.32 bits per heavy atom. The van der Waals surface area contributed by atoms with Crippen LogP contribution in [0.4, 0.5) is 0 Å². The molecule has 0 atom stereocenters. The van der Waals surface area contributed by atoms with E-state index in [-0.39, 0.29) is 5.91 Å². The summed E-state index contributed by atoms with van der Waals surface area (Å²) in [4.78, 5) is 15.9. The third-order valence-electron chi connectivity index (χ3n) is 3.11. The summed E-state index contributed by atoms with van der Waals surface area (Å²) in [6, 6.07) is 1.74. The van der Waals surface area contributed by atoms with Gasteiger partial charge in [0.25, 0.3) is 5.91 Å². The molecule has 4 nitrogen and oxygen atoms in total. The molecule has 1 fully saturated rings. The molecule has 0 radical (unpaired) electrons. The molecule has 0 saturated heterocycles. The first-order chi connectivity index (χ1) is 9.29. The summed E-state index contributed by atoms with van der Waals surface area (Å²) in [6.07, 6.45) is 8.19. The van der Waals surface area contributed by atoms with E-state index in [2.05, 4.69) is 22.1 Å². The summed E-state index contributed by atoms with van der Waals surface area (Å²) < 4.78 is 0. The first kappa shape index (κ1) is 13.6. The van der Waals surface area contributed by atoms with E-state index in [0.29, 0.717) is 12.1 Å². The van der Waals surface area contributed by atoms with Crippen molar-refractivity contribution in [2.45, 2.75) is 25.7 Å². The lowest BCUT2D eigenvalue weighted by Gasteiger charge is -2.04. The van der Waals surface area contributed by atoms with Crippen LogP contribution in [-0.2, 0) is 0 Å². The Balaban J connectivity index is 1.83. The molecule has 0 bridgehead atoms. The maximum Gasteiger partial charge on any atom is 0.252 e. The van der Waals surface area contributed by atoms with Crippen molar-refractivity contribution in [1.29, 1.82) is 0 Å². The maximum absolute atomic E-state index is 11.9. The van der Waals surface area contributed by atoms with Crippen LogP contribution in [-0.4, -0.2) is 24.0 Å². The van der Waals surface area contributed by atoms with Gasteiger partial charge in [0, 0.05) is 24.5 Å². The van der Waals surface area contributed by atoms with E-state index in [1.54, 1.807) is 18.5 Å². The number of hydrogen-bond donors (Lipinski definition) is 2. The fraction of sp³-hybridized carbons (Fsp3) is 0.467. The van der Waals surface area contributed by atoms with E-state index in [4.69, 9.17) is 5.73 Å². The normalized spacial score (nSPS) is 13.5. The van der Waals surface area contributed by atoms with E-state index < -0.39 is 0 Å². The number of nitrogens with zero attached hydrogens (tertiary/aromatic N) is 1. The second-order valence-corrected chi connectivity index (χ2v) is 4.81. The molecule has 1 saturated carbocycles. The smallest absolute Gasteiger partial charge is 0.252 e. The summed E-state index contributed by atoms with van der Waals surface area (Å²) in [5, 5.41) is 2.91. The summed E-state index contributed by atoms with van der Waals surface area (Å²) in [5.74, 6) is 6.45. The van der Waals surface area contributed by atoms with E-state index in [9.17, 15) is 4.79 Å². The molecule has 1 aromatic rings. The van der Waals surface area contributed by atoms with E-state index in [0.717, 1.165) is 24.4 Å². The number of aromatic nitrogens is 1. The third-order valence-corrected chi connectivity index (χ3v) is 3.11. The Bertz CT molecular complexity index is 498. The quantitative estimate of drug-likeness (QED) is 0.617. The number of carbonyl (C=O) groups excluding carboxylic acids is 1. The predicted octanol–water partition coefficient (Wildman–Crippen LogP) is 1.31. The van der Waals surface area contributed by atoms with Crippen LogP contribution >= 0.6 is 0 Å². The number of nitrogens with one attached hydrogen (secondary N) is 1. The molecule has 1 aromatic heterocycles. The minimum atomic E-state index is -0.0836. The van der Waals surface area contributed by atoms with Crippen molar-refractivity contribution in [3.63, 3.8) is 0 Å². The molecule has 0 aromatic carbocycles. The SMILES string of the molecule is NCC#Cc1cncc(C(=O)NCCCC2CC2)c1. The summed E-state index contributed by atoms with van der Waals surface area (Å²) in [5.41, 5.74) is 6.58. The fourth-order valence-electron chi connectivity index (χ4n) is 1.89. The zero-order valence-corrected chi connectivity index (χ0v) is 11.0. The highest BCUT2D eigenvalue weighted by atomic mass is 16.1. The van der Waals surface area contributed by atoms with Gasteiger partial charge in [-0.2, -0.15) is 0 Å². The molecular formula is C15H19N3O. The van der Waals surface area contributed by atoms with Crippen LogP contribution in [0.25, 0.3) is 0 Å². The van der Waals surface area contributed by atoms with E-state index >= 15 is 0 Å². The molecule has 1 aliphatic rings. The van der Waals surface area contributed by atoms with Crippen molar-refractivity contribution in [3.05, 3.63) is 29.6 Å². The highest BCUT2D eigenvalue weighted by molar-refractivity contribution is 5.94. The maximum atomic E-state index is 11.9. The fourth-order valence-corrected chi connectivity index (χ4v) is 1.89. The van der Waals surface area contributed by atoms with Gasteiger partial charge in [-0.25, -0.2) is 0 Å². The Labute approximate surface area is 113 Å². The van der Waals surface area contributed by atoms with Crippen molar-refractivity contribution in [2.75, 3.05) is 13.1 Å². The average Bonchev–Trinajstić information content (AvgIpc) is 3.25. The highest BCUT2D eigenvalue weighted by Gasteiger charge is 2.20. The standard InChI is InChI=1S/C15H19N3O/c16-7-1-3-13-9-14(11-17-10-13)15(19)18-8-2-4-12-5-6-12/h9-12H,2,4-8,16H2,(H,18,19). The van der Waals surface area contributed by atoms with Crippen molar-refractivity contribution < 1.29 is 4.79 Å². The van der Waals surface area contributed by atoms with Gasteiger partial charge in [-0.1, -0.05) is 24.7 Å². The lowest BCUT2D eigenvalue weighted by Crippen LogP contribution is -2.24. The Hall–Kier alpha value is -1.86. The molecule has 1 heterocycles. The first-order valence-electron chi connectivity index (χ1n) is 6.72. The minimum absolute atomic E-state index is 0.0836. The van der Waals surface area contributed by atoms with Crippen LogP contribution in [0.1, 0.15) is 41.6 Å². The van der Waals surface area contributed by atoms with Crippen LogP contribution in [0.2, 0.25) is 0 Å². The van der Waals surface area contributed by atoms with Crippen LogP contribution in [0, 0.1) is 17.8 Å². The van der Waals surface area contributed by atoms with Gasteiger partial charge in [-0.3, -0.25) is 9.78 Å². The van der Waals surface area contributed by atoms with Crippen LogP contribution in [0.3, 0.4) is 0 Å². The molecule has 3 N–H and O–H groups in total. The van der Waals surface area contributed by atoms with Gasteiger partial charge in [0.2, 0.25) is 0 Å². The van der Waals surface area contributed by atoms with Crippen LogP contribution in [0.15, 0.2) is 18.5 Å². The van der Waals surface area contributed by atoms with Crippen molar-refractivity contribution in [3.8, 4) is 11.8 Å². The first-order valence-corrected chi connectivity index (χ1v) is 6.72. The minimum Gasteiger partial charge on any atom is -0.352 e. The molecule has 19 heavy (non-hydrogen) atoms. The third kappa shape index (κ3) is 4.72. The van der Waals surface area contributed by atoms with Crippen LogP contribution < -0.4 is 11.1 Å². The molecular weight excluding hydrogens is 238 g/mol. The number of hydrogen-bond acceptors (Lipinski definition) is 3. The number of rotatable bonds is 5. The van der Waals surface area contributed by atoms with Gasteiger partial charge in [0.05, 0.1) is 12.1 Å². The molecule has 1 amide bonds. The summed E-state index contributed by atoms with van der Waals surface area (Å²) in [6.45, 7) is 1.03.